The summed E-state index contributed by atoms with van der Waals surface area (Å²) in [5, 5.41) is 0.997. The van der Waals surface area contributed by atoms with Crippen LogP contribution < -0.4 is 0 Å². The van der Waals surface area contributed by atoms with Gasteiger partial charge in [-0.3, -0.25) is 4.98 Å². The van der Waals surface area contributed by atoms with Crippen LogP contribution in [0.15, 0.2) is 49.1 Å². The van der Waals surface area contributed by atoms with Gasteiger partial charge in [0.2, 0.25) is 5.95 Å². The van der Waals surface area contributed by atoms with Crippen LogP contribution in [-0.4, -0.2) is 19.9 Å². The smallest absolute Gasteiger partial charge is 0.216 e. The highest BCUT2D eigenvalue weighted by molar-refractivity contribution is 5.80. The number of H-pyrrole nitrogens is 1. The molecule has 0 aliphatic carbocycles. The third-order valence-electron chi connectivity index (χ3n) is 4.55. The first-order valence-electron chi connectivity index (χ1n) is 8.75. The Bertz CT molecular complexity index is 1100. The molecule has 0 aliphatic rings. The van der Waals surface area contributed by atoms with Gasteiger partial charge in [0.05, 0.1) is 6.20 Å². The highest BCUT2D eigenvalue weighted by Crippen LogP contribution is 2.22. The molecule has 0 saturated heterocycles. The van der Waals surface area contributed by atoms with E-state index in [0.29, 0.717) is 30.5 Å². The lowest BCUT2D eigenvalue weighted by molar-refractivity contribution is 0.562. The fourth-order valence-electron chi connectivity index (χ4n) is 3.15. The Kier molecular flexibility index (Phi) is 4.62. The van der Waals surface area contributed by atoms with Gasteiger partial charge in [0.15, 0.2) is 0 Å². The molecule has 0 aliphatic heterocycles. The first-order valence-corrected chi connectivity index (χ1v) is 8.75. The maximum Gasteiger partial charge on any atom is 0.216 e. The monoisotopic (exact) mass is 364 g/mol. The lowest BCUT2D eigenvalue weighted by atomic mass is 10.0. The Balaban J connectivity index is 1.50. The van der Waals surface area contributed by atoms with Gasteiger partial charge < -0.3 is 4.98 Å². The summed E-state index contributed by atoms with van der Waals surface area (Å²) in [5.41, 5.74) is 4.78. The molecular formula is C21H18F2N4. The van der Waals surface area contributed by atoms with Crippen molar-refractivity contribution in [2.24, 2.45) is 0 Å². The second kappa shape index (κ2) is 7.23. The highest BCUT2D eigenvalue weighted by atomic mass is 19.1. The van der Waals surface area contributed by atoms with E-state index in [1.807, 2.05) is 25.3 Å². The summed E-state index contributed by atoms with van der Waals surface area (Å²) in [6.07, 6.45) is 7.97. The summed E-state index contributed by atoms with van der Waals surface area (Å²) < 4.78 is 27.7. The quantitative estimate of drug-likeness (QED) is 0.537. The minimum absolute atomic E-state index is 0.370. The molecular weight excluding hydrogens is 346 g/mol. The molecule has 4 aromatic rings. The molecule has 0 spiro atoms. The van der Waals surface area contributed by atoms with Crippen LogP contribution in [0.25, 0.3) is 11.0 Å². The first-order chi connectivity index (χ1) is 13.1. The van der Waals surface area contributed by atoms with Crippen LogP contribution in [0.5, 0.6) is 0 Å². The molecule has 0 amide bonds. The standard InChI is InChI=1S/C21H18F2N4/c1-13-6-19-16(11-26-21(19)25-9-13)8-15-3-5-18(27-20(15)23)4-2-14-7-17(22)12-24-10-14/h3,5-7,9-12H,2,4,8H2,1H3,(H,25,26). The van der Waals surface area contributed by atoms with Gasteiger partial charge in [-0.25, -0.2) is 14.4 Å². The average Bonchev–Trinajstić information content (AvgIpc) is 3.04. The van der Waals surface area contributed by atoms with Gasteiger partial charge in [0.1, 0.15) is 11.5 Å². The normalized spacial score (nSPS) is 11.2. The van der Waals surface area contributed by atoms with Gasteiger partial charge in [-0.05, 0) is 54.7 Å². The largest absolute Gasteiger partial charge is 0.346 e. The van der Waals surface area contributed by atoms with Gasteiger partial charge >= 0.3 is 0 Å². The highest BCUT2D eigenvalue weighted by Gasteiger charge is 2.11. The second-order valence-corrected chi connectivity index (χ2v) is 6.66. The number of hydrogen-bond acceptors (Lipinski definition) is 3. The molecule has 0 saturated carbocycles. The number of aromatic amines is 1. The number of aryl methyl sites for hydroxylation is 3. The molecule has 4 nitrogen and oxygen atoms in total. The molecule has 6 heteroatoms. The van der Waals surface area contributed by atoms with E-state index < -0.39 is 5.95 Å². The molecule has 4 heterocycles. The van der Waals surface area contributed by atoms with Crippen molar-refractivity contribution in [2.45, 2.75) is 26.2 Å². The van der Waals surface area contributed by atoms with Crippen molar-refractivity contribution in [3.05, 3.63) is 88.8 Å². The fourth-order valence-corrected chi connectivity index (χ4v) is 3.15. The molecule has 0 unspecified atom stereocenters. The van der Waals surface area contributed by atoms with Crippen LogP contribution in [0.2, 0.25) is 0 Å². The van der Waals surface area contributed by atoms with Crippen LogP contribution in [0.1, 0.15) is 27.9 Å². The zero-order valence-electron chi connectivity index (χ0n) is 14.8. The number of nitrogens with zero attached hydrogens (tertiary/aromatic N) is 3. The number of rotatable bonds is 5. The van der Waals surface area contributed by atoms with E-state index in [9.17, 15) is 8.78 Å². The molecule has 4 rings (SSSR count). The van der Waals surface area contributed by atoms with Gasteiger partial charge in [-0.1, -0.05) is 6.07 Å². The average molecular weight is 364 g/mol. The number of pyridine rings is 3. The molecule has 1 N–H and O–H groups in total. The van der Waals surface area contributed by atoms with Gasteiger partial charge in [0.25, 0.3) is 0 Å². The number of hydrogen-bond donors (Lipinski definition) is 1. The zero-order valence-corrected chi connectivity index (χ0v) is 14.8. The molecule has 0 bridgehead atoms. The van der Waals surface area contributed by atoms with Crippen LogP contribution in [-0.2, 0) is 19.3 Å². The summed E-state index contributed by atoms with van der Waals surface area (Å²) in [5.74, 6) is -0.842. The number of aromatic nitrogens is 4. The summed E-state index contributed by atoms with van der Waals surface area (Å²) in [7, 11) is 0. The van der Waals surface area contributed by atoms with Gasteiger partial charge in [-0.15, -0.1) is 0 Å². The van der Waals surface area contributed by atoms with Gasteiger partial charge in [-0.2, -0.15) is 4.39 Å². The molecule has 4 aromatic heterocycles. The van der Waals surface area contributed by atoms with Crippen molar-refractivity contribution in [3.8, 4) is 0 Å². The summed E-state index contributed by atoms with van der Waals surface area (Å²) in [6.45, 7) is 1.98. The Morgan fingerprint density at radius 1 is 1.00 bits per heavy atom. The SMILES string of the molecule is Cc1cnc2[nH]cc(Cc3ccc(CCc4cncc(F)c4)nc3F)c2c1. The Labute approximate surface area is 155 Å². The van der Waals surface area contributed by atoms with Crippen molar-refractivity contribution >= 4 is 11.0 Å². The van der Waals surface area contributed by atoms with Crippen molar-refractivity contribution in [1.82, 2.24) is 19.9 Å². The molecule has 0 aromatic carbocycles. The van der Waals surface area contributed by atoms with E-state index in [4.69, 9.17) is 0 Å². The first kappa shape index (κ1) is 17.3. The minimum Gasteiger partial charge on any atom is -0.346 e. The molecule has 0 radical (unpaired) electrons. The maximum atomic E-state index is 14.5. The van der Waals surface area contributed by atoms with E-state index in [2.05, 4.69) is 19.9 Å². The third-order valence-corrected chi connectivity index (χ3v) is 4.55. The number of fused-ring (bicyclic) bond motifs is 1. The summed E-state index contributed by atoms with van der Waals surface area (Å²) in [4.78, 5) is 15.4. The predicted molar refractivity (Wildman–Crippen MR) is 99.4 cm³/mol. The van der Waals surface area contributed by atoms with Crippen molar-refractivity contribution in [2.75, 3.05) is 0 Å². The molecule has 27 heavy (non-hydrogen) atoms. The molecule has 0 fully saturated rings. The van der Waals surface area contributed by atoms with Crippen molar-refractivity contribution in [3.63, 3.8) is 0 Å². The Morgan fingerprint density at radius 2 is 1.89 bits per heavy atom. The van der Waals surface area contributed by atoms with E-state index in [-0.39, 0.29) is 5.82 Å². The molecule has 0 atom stereocenters. The van der Waals surface area contributed by atoms with Crippen LogP contribution >= 0.6 is 0 Å². The van der Waals surface area contributed by atoms with Crippen molar-refractivity contribution < 1.29 is 8.78 Å². The fraction of sp³-hybridized carbons (Fsp3) is 0.190. The summed E-state index contributed by atoms with van der Waals surface area (Å²) in [6, 6.07) is 7.07. The third kappa shape index (κ3) is 3.84. The van der Waals surface area contributed by atoms with Gasteiger partial charge in [0, 0.05) is 41.7 Å². The van der Waals surface area contributed by atoms with Crippen molar-refractivity contribution in [1.29, 1.82) is 0 Å². The second-order valence-electron chi connectivity index (χ2n) is 6.66. The number of halogens is 2. The zero-order chi connectivity index (χ0) is 18.8. The Hall–Kier alpha value is -3.15. The van der Waals surface area contributed by atoms with E-state index in [1.54, 1.807) is 18.5 Å². The van der Waals surface area contributed by atoms with Crippen LogP contribution in [0.4, 0.5) is 8.78 Å². The lowest BCUT2D eigenvalue weighted by Gasteiger charge is -2.06. The van der Waals surface area contributed by atoms with Crippen LogP contribution in [0.3, 0.4) is 0 Å². The lowest BCUT2D eigenvalue weighted by Crippen LogP contribution is -2.01. The minimum atomic E-state index is -0.472. The van der Waals surface area contributed by atoms with E-state index >= 15 is 0 Å². The summed E-state index contributed by atoms with van der Waals surface area (Å²) >= 11 is 0. The Morgan fingerprint density at radius 3 is 2.70 bits per heavy atom. The van der Waals surface area contributed by atoms with Crippen LogP contribution in [0, 0.1) is 18.7 Å². The topological polar surface area (TPSA) is 54.5 Å². The van der Waals surface area contributed by atoms with E-state index in [1.165, 1.54) is 6.07 Å². The predicted octanol–water partition coefficient (Wildman–Crippen LogP) is 4.32. The van der Waals surface area contributed by atoms with E-state index in [0.717, 1.165) is 33.9 Å². The molecule has 136 valence electrons. The maximum absolute atomic E-state index is 14.5. The number of nitrogens with one attached hydrogen (secondary N) is 1.